The summed E-state index contributed by atoms with van der Waals surface area (Å²) in [5.41, 5.74) is 2.96. The number of hydrazone groups is 1. The van der Waals surface area contributed by atoms with Gasteiger partial charge < -0.3 is 10.0 Å². The standard InChI is InChI=1S/C20H22F3N3O2/c1-3-26(4-2)17-9-8-15(18(27)12-17)13-24-25-19(28)11-14-6-5-7-16(10-14)20(21,22)23/h5-10,12-13,27H,3-4,11H2,1-2H3,(H,25,28)/b24-13-. The summed E-state index contributed by atoms with van der Waals surface area (Å²) in [5.74, 6) is -0.546. The lowest BCUT2D eigenvalue weighted by atomic mass is 10.1. The van der Waals surface area contributed by atoms with Gasteiger partial charge in [0, 0.05) is 30.4 Å². The number of amides is 1. The van der Waals surface area contributed by atoms with Gasteiger partial charge in [-0.25, -0.2) is 5.43 Å². The summed E-state index contributed by atoms with van der Waals surface area (Å²) in [6.07, 6.45) is -3.42. The molecular weight excluding hydrogens is 371 g/mol. The number of aromatic hydroxyl groups is 1. The Morgan fingerprint density at radius 1 is 1.18 bits per heavy atom. The van der Waals surface area contributed by atoms with E-state index in [2.05, 4.69) is 15.4 Å². The molecule has 0 aliphatic heterocycles. The van der Waals surface area contributed by atoms with Gasteiger partial charge in [0.1, 0.15) is 5.75 Å². The van der Waals surface area contributed by atoms with Crippen molar-refractivity contribution in [1.29, 1.82) is 0 Å². The summed E-state index contributed by atoms with van der Waals surface area (Å²) in [7, 11) is 0. The molecule has 0 bridgehead atoms. The summed E-state index contributed by atoms with van der Waals surface area (Å²) >= 11 is 0. The van der Waals surface area contributed by atoms with Crippen LogP contribution >= 0.6 is 0 Å². The molecule has 0 spiro atoms. The van der Waals surface area contributed by atoms with E-state index in [9.17, 15) is 23.1 Å². The highest BCUT2D eigenvalue weighted by molar-refractivity contribution is 5.86. The molecule has 0 saturated carbocycles. The van der Waals surface area contributed by atoms with E-state index in [0.717, 1.165) is 30.9 Å². The molecule has 0 radical (unpaired) electrons. The maximum absolute atomic E-state index is 12.7. The topological polar surface area (TPSA) is 64.9 Å². The minimum absolute atomic E-state index is 0.0141. The number of hydrogen-bond acceptors (Lipinski definition) is 4. The predicted molar refractivity (Wildman–Crippen MR) is 103 cm³/mol. The van der Waals surface area contributed by atoms with Crippen LogP contribution in [0.15, 0.2) is 47.6 Å². The van der Waals surface area contributed by atoms with Gasteiger partial charge in [-0.3, -0.25) is 4.79 Å². The summed E-state index contributed by atoms with van der Waals surface area (Å²) in [6, 6.07) is 9.69. The van der Waals surface area contributed by atoms with Gasteiger partial charge in [-0.05, 0) is 37.6 Å². The molecule has 0 unspecified atom stereocenters. The molecule has 2 aromatic carbocycles. The van der Waals surface area contributed by atoms with E-state index in [0.29, 0.717) is 5.56 Å². The zero-order chi connectivity index (χ0) is 20.7. The molecule has 0 aromatic heterocycles. The van der Waals surface area contributed by atoms with Crippen LogP contribution in [0.1, 0.15) is 30.5 Å². The Labute approximate surface area is 161 Å². The number of carbonyl (C=O) groups excluding carboxylic acids is 1. The number of rotatable bonds is 7. The van der Waals surface area contributed by atoms with Gasteiger partial charge in [-0.1, -0.05) is 18.2 Å². The van der Waals surface area contributed by atoms with Crippen molar-refractivity contribution in [2.24, 2.45) is 5.10 Å². The summed E-state index contributed by atoms with van der Waals surface area (Å²) < 4.78 is 38.1. The van der Waals surface area contributed by atoms with E-state index in [1.807, 2.05) is 19.9 Å². The molecule has 2 rings (SSSR count). The van der Waals surface area contributed by atoms with Crippen LogP contribution in [0.2, 0.25) is 0 Å². The second kappa shape index (κ2) is 9.25. The first-order valence-corrected chi connectivity index (χ1v) is 8.80. The smallest absolute Gasteiger partial charge is 0.416 e. The van der Waals surface area contributed by atoms with E-state index >= 15 is 0 Å². The minimum atomic E-state index is -4.46. The van der Waals surface area contributed by atoms with Crippen LogP contribution in [0.5, 0.6) is 5.75 Å². The van der Waals surface area contributed by atoms with Crippen LogP contribution in [-0.4, -0.2) is 30.3 Å². The van der Waals surface area contributed by atoms with Crippen LogP contribution in [0.3, 0.4) is 0 Å². The molecule has 2 aromatic rings. The lowest BCUT2D eigenvalue weighted by Gasteiger charge is -2.21. The van der Waals surface area contributed by atoms with E-state index in [1.165, 1.54) is 18.3 Å². The SMILES string of the molecule is CCN(CC)c1ccc(/C=N\NC(=O)Cc2cccc(C(F)(F)F)c2)c(O)c1. The number of phenols is 1. The Hall–Kier alpha value is -3.03. The number of halogens is 3. The van der Waals surface area contributed by atoms with Crippen molar-refractivity contribution in [3.63, 3.8) is 0 Å². The molecule has 5 nitrogen and oxygen atoms in total. The number of carbonyl (C=O) groups is 1. The van der Waals surface area contributed by atoms with Gasteiger partial charge >= 0.3 is 6.18 Å². The fourth-order valence-corrected chi connectivity index (χ4v) is 2.68. The Balaban J connectivity index is 1.98. The predicted octanol–water partition coefficient (Wildman–Crippen LogP) is 3.95. The molecule has 0 aliphatic rings. The third-order valence-electron chi connectivity index (χ3n) is 4.15. The molecule has 1 amide bonds. The Morgan fingerprint density at radius 2 is 1.89 bits per heavy atom. The van der Waals surface area contributed by atoms with Crippen LogP contribution < -0.4 is 10.3 Å². The molecule has 0 fully saturated rings. The monoisotopic (exact) mass is 393 g/mol. The summed E-state index contributed by atoms with van der Waals surface area (Å²) in [6.45, 7) is 5.62. The van der Waals surface area contributed by atoms with Crippen LogP contribution in [0.4, 0.5) is 18.9 Å². The Morgan fingerprint density at radius 3 is 2.50 bits per heavy atom. The fourth-order valence-electron chi connectivity index (χ4n) is 2.68. The molecule has 0 heterocycles. The third kappa shape index (κ3) is 5.73. The number of benzene rings is 2. The van der Waals surface area contributed by atoms with Gasteiger partial charge in [-0.2, -0.15) is 18.3 Å². The zero-order valence-corrected chi connectivity index (χ0v) is 15.6. The first kappa shape index (κ1) is 21.3. The van der Waals surface area contributed by atoms with Gasteiger partial charge in [-0.15, -0.1) is 0 Å². The summed E-state index contributed by atoms with van der Waals surface area (Å²) in [4.78, 5) is 14.0. The Bertz CT molecular complexity index is 847. The van der Waals surface area contributed by atoms with Crippen molar-refractivity contribution in [2.45, 2.75) is 26.4 Å². The van der Waals surface area contributed by atoms with Crippen molar-refractivity contribution < 1.29 is 23.1 Å². The number of phenolic OH excluding ortho intramolecular Hbond substituents is 1. The summed E-state index contributed by atoms with van der Waals surface area (Å²) in [5, 5.41) is 13.9. The Kier molecular flexibility index (Phi) is 7.03. The van der Waals surface area contributed by atoms with Crippen LogP contribution in [0.25, 0.3) is 0 Å². The molecule has 2 N–H and O–H groups in total. The maximum Gasteiger partial charge on any atom is 0.416 e. The van der Waals surface area contributed by atoms with E-state index < -0.39 is 17.6 Å². The maximum atomic E-state index is 12.7. The van der Waals surface area contributed by atoms with Crippen molar-refractivity contribution in [1.82, 2.24) is 5.43 Å². The highest BCUT2D eigenvalue weighted by Crippen LogP contribution is 2.29. The second-order valence-electron chi connectivity index (χ2n) is 6.08. The van der Waals surface area contributed by atoms with Crippen LogP contribution in [0, 0.1) is 0 Å². The number of nitrogens with one attached hydrogen (secondary N) is 1. The molecule has 8 heteroatoms. The lowest BCUT2D eigenvalue weighted by Crippen LogP contribution is -2.21. The average molecular weight is 393 g/mol. The number of hydrogen-bond donors (Lipinski definition) is 2. The van der Waals surface area contributed by atoms with Crippen molar-refractivity contribution >= 4 is 17.8 Å². The highest BCUT2D eigenvalue weighted by atomic mass is 19.4. The minimum Gasteiger partial charge on any atom is -0.507 e. The van der Waals surface area contributed by atoms with Crippen molar-refractivity contribution in [3.8, 4) is 5.75 Å². The first-order valence-electron chi connectivity index (χ1n) is 8.80. The molecular formula is C20H22F3N3O2. The van der Waals surface area contributed by atoms with Crippen molar-refractivity contribution in [3.05, 3.63) is 59.2 Å². The zero-order valence-electron chi connectivity index (χ0n) is 15.6. The third-order valence-corrected chi connectivity index (χ3v) is 4.15. The largest absolute Gasteiger partial charge is 0.507 e. The van der Waals surface area contributed by atoms with Gasteiger partial charge in [0.25, 0.3) is 0 Å². The quantitative estimate of drug-likeness (QED) is 0.553. The number of anilines is 1. The van der Waals surface area contributed by atoms with Gasteiger partial charge in [0.2, 0.25) is 5.91 Å². The van der Waals surface area contributed by atoms with E-state index in [-0.39, 0.29) is 17.7 Å². The van der Waals surface area contributed by atoms with E-state index in [1.54, 1.807) is 12.1 Å². The molecule has 0 atom stereocenters. The second-order valence-corrected chi connectivity index (χ2v) is 6.08. The lowest BCUT2D eigenvalue weighted by molar-refractivity contribution is -0.137. The first-order chi connectivity index (χ1) is 13.2. The number of alkyl halides is 3. The van der Waals surface area contributed by atoms with Gasteiger partial charge in [0.05, 0.1) is 18.2 Å². The highest BCUT2D eigenvalue weighted by Gasteiger charge is 2.30. The molecule has 0 aliphatic carbocycles. The normalized spacial score (nSPS) is 11.6. The number of nitrogens with zero attached hydrogens (tertiary/aromatic N) is 2. The molecule has 28 heavy (non-hydrogen) atoms. The molecule has 0 saturated heterocycles. The van der Waals surface area contributed by atoms with Crippen LogP contribution in [-0.2, 0) is 17.4 Å². The average Bonchev–Trinajstić information content (AvgIpc) is 2.64. The molecule has 150 valence electrons. The van der Waals surface area contributed by atoms with Gasteiger partial charge in [0.15, 0.2) is 0 Å². The van der Waals surface area contributed by atoms with E-state index in [4.69, 9.17) is 0 Å². The fraction of sp³-hybridized carbons (Fsp3) is 0.300. The van der Waals surface area contributed by atoms with Crippen molar-refractivity contribution in [2.75, 3.05) is 18.0 Å².